The van der Waals surface area contributed by atoms with Gasteiger partial charge in [0.05, 0.1) is 5.69 Å². The normalized spacial score (nSPS) is 21.2. The van der Waals surface area contributed by atoms with Crippen molar-refractivity contribution in [2.45, 2.75) is 25.9 Å². The number of rotatable bonds is 5. The molecule has 1 atom stereocenters. The molecule has 112 valence electrons. The Hall–Kier alpha value is -1.24. The van der Waals surface area contributed by atoms with Gasteiger partial charge in [-0.05, 0) is 20.6 Å². The fourth-order valence-electron chi connectivity index (χ4n) is 2.55. The predicted octanol–water partition coefficient (Wildman–Crippen LogP) is -0.332. The van der Waals surface area contributed by atoms with Crippen LogP contribution in [-0.2, 0) is 13.0 Å². The average molecular weight is 279 g/mol. The maximum absolute atomic E-state index is 11.7. The van der Waals surface area contributed by atoms with E-state index >= 15 is 0 Å². The predicted molar refractivity (Wildman–Crippen MR) is 79.9 cm³/mol. The zero-order valence-corrected chi connectivity index (χ0v) is 12.6. The maximum atomic E-state index is 11.7. The molecular weight excluding hydrogens is 254 g/mol. The molecule has 1 unspecified atom stereocenters. The summed E-state index contributed by atoms with van der Waals surface area (Å²) in [6.45, 7) is 6.73. The summed E-state index contributed by atoms with van der Waals surface area (Å²) in [6, 6.07) is 1.98. The molecule has 2 N–H and O–H groups in total. The number of hydrogen-bond acceptors (Lipinski definition) is 5. The molecule has 2 rings (SSSR count). The molecule has 6 heteroatoms. The van der Waals surface area contributed by atoms with Gasteiger partial charge in [0.25, 0.3) is 5.56 Å². The molecule has 20 heavy (non-hydrogen) atoms. The van der Waals surface area contributed by atoms with Crippen molar-refractivity contribution in [1.29, 1.82) is 0 Å². The lowest BCUT2D eigenvalue weighted by atomic mass is 10.1. The van der Waals surface area contributed by atoms with E-state index in [0.717, 1.165) is 44.1 Å². The highest BCUT2D eigenvalue weighted by Gasteiger charge is 2.23. The van der Waals surface area contributed by atoms with Crippen molar-refractivity contribution in [2.75, 3.05) is 40.3 Å². The second-order valence-electron chi connectivity index (χ2n) is 5.56. The van der Waals surface area contributed by atoms with Gasteiger partial charge in [-0.15, -0.1) is 0 Å². The summed E-state index contributed by atoms with van der Waals surface area (Å²) in [5.74, 6) is 0.789. The van der Waals surface area contributed by atoms with Gasteiger partial charge in [0.1, 0.15) is 5.82 Å². The van der Waals surface area contributed by atoms with E-state index in [1.807, 2.05) is 6.92 Å². The van der Waals surface area contributed by atoms with Crippen LogP contribution < -0.4 is 10.9 Å². The van der Waals surface area contributed by atoms with Crippen molar-refractivity contribution in [2.24, 2.45) is 0 Å². The number of likely N-dealkylation sites (N-methyl/N-ethyl adjacent to an activating group) is 2. The van der Waals surface area contributed by atoms with E-state index in [-0.39, 0.29) is 5.56 Å². The van der Waals surface area contributed by atoms with E-state index in [9.17, 15) is 4.79 Å². The molecule has 1 aromatic heterocycles. The fourth-order valence-corrected chi connectivity index (χ4v) is 2.55. The van der Waals surface area contributed by atoms with Crippen molar-refractivity contribution in [3.63, 3.8) is 0 Å². The second-order valence-corrected chi connectivity index (χ2v) is 5.56. The first-order chi connectivity index (χ1) is 9.58. The SMILES string of the molecule is CCNCc1cc(=O)[nH]c(CC2CN(C)CCN2C)n1. The lowest BCUT2D eigenvalue weighted by Gasteiger charge is -2.37. The van der Waals surface area contributed by atoms with Crippen LogP contribution in [0.1, 0.15) is 18.4 Å². The topological polar surface area (TPSA) is 64.3 Å². The van der Waals surface area contributed by atoms with Crippen LogP contribution in [0.15, 0.2) is 10.9 Å². The third kappa shape index (κ3) is 4.13. The molecule has 0 radical (unpaired) electrons. The first-order valence-electron chi connectivity index (χ1n) is 7.27. The van der Waals surface area contributed by atoms with Crippen LogP contribution in [0.5, 0.6) is 0 Å². The highest BCUT2D eigenvalue weighted by atomic mass is 16.1. The van der Waals surface area contributed by atoms with Crippen LogP contribution in [0.4, 0.5) is 0 Å². The molecule has 0 amide bonds. The Morgan fingerprint density at radius 1 is 1.45 bits per heavy atom. The van der Waals surface area contributed by atoms with Crippen molar-refractivity contribution in [3.05, 3.63) is 27.9 Å². The molecular formula is C14H25N5O. The van der Waals surface area contributed by atoms with Crippen LogP contribution >= 0.6 is 0 Å². The minimum absolute atomic E-state index is 0.0604. The lowest BCUT2D eigenvalue weighted by Crippen LogP contribution is -2.51. The van der Waals surface area contributed by atoms with Crippen LogP contribution in [-0.4, -0.2) is 66.1 Å². The molecule has 0 spiro atoms. The summed E-state index contributed by atoms with van der Waals surface area (Å²) in [6.07, 6.45) is 0.788. The van der Waals surface area contributed by atoms with Gasteiger partial charge in [-0.25, -0.2) is 4.98 Å². The smallest absolute Gasteiger partial charge is 0.251 e. The van der Waals surface area contributed by atoms with Gasteiger partial charge in [0, 0.05) is 44.7 Å². The van der Waals surface area contributed by atoms with Gasteiger partial charge in [0.15, 0.2) is 0 Å². The van der Waals surface area contributed by atoms with Crippen LogP contribution in [0.2, 0.25) is 0 Å². The highest BCUT2D eigenvalue weighted by Crippen LogP contribution is 2.09. The number of nitrogens with zero attached hydrogens (tertiary/aromatic N) is 3. The number of H-pyrrole nitrogens is 1. The standard InChI is InChI=1S/C14H25N5O/c1-4-15-9-11-7-14(20)17-13(16-11)8-12-10-18(2)5-6-19(12)3/h7,12,15H,4-6,8-10H2,1-3H3,(H,16,17,20). The van der Waals surface area contributed by atoms with Crippen molar-refractivity contribution < 1.29 is 0 Å². The molecule has 0 aromatic carbocycles. The third-order valence-electron chi connectivity index (χ3n) is 3.81. The van der Waals surface area contributed by atoms with E-state index < -0.39 is 0 Å². The van der Waals surface area contributed by atoms with Crippen LogP contribution in [0.3, 0.4) is 0 Å². The summed E-state index contributed by atoms with van der Waals surface area (Å²) in [5, 5.41) is 3.20. The number of aromatic amines is 1. The van der Waals surface area contributed by atoms with Crippen molar-refractivity contribution in [3.8, 4) is 0 Å². The Morgan fingerprint density at radius 2 is 2.25 bits per heavy atom. The molecule has 1 saturated heterocycles. The monoisotopic (exact) mass is 279 g/mol. The summed E-state index contributed by atoms with van der Waals surface area (Å²) in [7, 11) is 4.27. The molecule has 1 fully saturated rings. The Morgan fingerprint density at radius 3 is 3.00 bits per heavy atom. The Balaban J connectivity index is 2.07. The first kappa shape index (κ1) is 15.2. The largest absolute Gasteiger partial charge is 0.311 e. The average Bonchev–Trinajstić information content (AvgIpc) is 2.40. The van der Waals surface area contributed by atoms with E-state index in [1.165, 1.54) is 0 Å². The van der Waals surface area contributed by atoms with Gasteiger partial charge >= 0.3 is 0 Å². The molecule has 2 heterocycles. The van der Waals surface area contributed by atoms with E-state index in [1.54, 1.807) is 6.07 Å². The molecule has 1 aliphatic rings. The van der Waals surface area contributed by atoms with Crippen molar-refractivity contribution in [1.82, 2.24) is 25.1 Å². The molecule has 0 saturated carbocycles. The minimum atomic E-state index is -0.0604. The number of hydrogen-bond donors (Lipinski definition) is 2. The lowest BCUT2D eigenvalue weighted by molar-refractivity contribution is 0.113. The number of piperazine rings is 1. The van der Waals surface area contributed by atoms with Gasteiger partial charge < -0.3 is 20.1 Å². The molecule has 1 aromatic rings. The van der Waals surface area contributed by atoms with Crippen LogP contribution in [0.25, 0.3) is 0 Å². The number of nitrogens with one attached hydrogen (secondary N) is 2. The van der Waals surface area contributed by atoms with Crippen molar-refractivity contribution >= 4 is 0 Å². The third-order valence-corrected chi connectivity index (χ3v) is 3.81. The number of aromatic nitrogens is 2. The molecule has 0 aliphatic carbocycles. The van der Waals surface area contributed by atoms with E-state index in [2.05, 4.69) is 39.2 Å². The first-order valence-corrected chi connectivity index (χ1v) is 7.27. The summed E-state index contributed by atoms with van der Waals surface area (Å²) >= 11 is 0. The summed E-state index contributed by atoms with van der Waals surface area (Å²) < 4.78 is 0. The van der Waals surface area contributed by atoms with E-state index in [0.29, 0.717) is 12.6 Å². The Bertz CT molecular complexity index is 487. The fraction of sp³-hybridized carbons (Fsp3) is 0.714. The molecule has 6 nitrogen and oxygen atoms in total. The van der Waals surface area contributed by atoms with Gasteiger partial charge in [0.2, 0.25) is 0 Å². The molecule has 0 bridgehead atoms. The van der Waals surface area contributed by atoms with Gasteiger partial charge in [-0.3, -0.25) is 4.79 Å². The quantitative estimate of drug-likeness (QED) is 0.772. The van der Waals surface area contributed by atoms with Crippen LogP contribution in [0, 0.1) is 0 Å². The zero-order chi connectivity index (χ0) is 14.5. The highest BCUT2D eigenvalue weighted by molar-refractivity contribution is 5.04. The summed E-state index contributed by atoms with van der Waals surface area (Å²) in [4.78, 5) is 23.8. The Kier molecular flexibility index (Phi) is 5.28. The van der Waals surface area contributed by atoms with Gasteiger partial charge in [-0.2, -0.15) is 0 Å². The zero-order valence-electron chi connectivity index (χ0n) is 12.6. The van der Waals surface area contributed by atoms with E-state index in [4.69, 9.17) is 0 Å². The molecule has 1 aliphatic heterocycles. The maximum Gasteiger partial charge on any atom is 0.251 e. The Labute approximate surface area is 120 Å². The second kappa shape index (κ2) is 6.97. The minimum Gasteiger partial charge on any atom is -0.311 e. The summed E-state index contributed by atoms with van der Waals surface area (Å²) in [5.41, 5.74) is 0.757. The van der Waals surface area contributed by atoms with Gasteiger partial charge in [-0.1, -0.05) is 6.92 Å².